The minimum atomic E-state index is -1.39. The minimum absolute atomic E-state index is 0.134. The second kappa shape index (κ2) is 16.4. The first-order valence-electron chi connectivity index (χ1n) is 17.5. The Bertz CT molecular complexity index is 1610. The van der Waals surface area contributed by atoms with Gasteiger partial charge in [0.25, 0.3) is 5.91 Å². The molecule has 12 heteroatoms. The maximum absolute atomic E-state index is 15.0. The Hall–Kier alpha value is -3.51. The van der Waals surface area contributed by atoms with Crippen LogP contribution in [-0.4, -0.2) is 81.5 Å². The third-order valence-corrected chi connectivity index (χ3v) is 11.7. The van der Waals surface area contributed by atoms with Gasteiger partial charge in [-0.3, -0.25) is 19.2 Å². The van der Waals surface area contributed by atoms with E-state index in [1.807, 2.05) is 44.2 Å². The predicted octanol–water partition coefficient (Wildman–Crippen LogP) is 5.77. The van der Waals surface area contributed by atoms with E-state index in [9.17, 15) is 24.3 Å². The standard InChI is InChI=1S/C39H47BrClN3O7/c1-6-9-15-30(46)42-24(5)33(25-13-11-10-12-14-25)50-38(49)31-32-36(47)44(29(22-45)23(4)8-3)35(39(32)21-28(40)34(31)51-39)37(48)43(20-7-2)27-18-16-26(41)17-19-27/h6-7,10-14,16-19,23-24,28-29,31-35,45H,1-2,8-9,15,20-22H2,3-5H3,(H,42,46)/t23-,24+,28?,29-,31+,32-,33+,34+,35+,39-/m0/s1. The Morgan fingerprint density at radius 2 is 1.84 bits per heavy atom. The Balaban J connectivity index is 1.55. The molecule has 2 N–H and O–H groups in total. The molecule has 274 valence electrons. The number of nitrogens with zero attached hydrogens (tertiary/aromatic N) is 2. The molecule has 0 aromatic heterocycles. The average Bonchev–Trinajstić information content (AvgIpc) is 3.72. The number of rotatable bonds is 16. The van der Waals surface area contributed by atoms with Crippen LogP contribution in [0.25, 0.3) is 0 Å². The van der Waals surface area contributed by atoms with E-state index in [0.717, 1.165) is 0 Å². The Morgan fingerprint density at radius 3 is 2.45 bits per heavy atom. The number of aliphatic hydroxyl groups excluding tert-OH is 1. The van der Waals surface area contributed by atoms with E-state index in [1.165, 1.54) is 9.80 Å². The number of anilines is 1. The van der Waals surface area contributed by atoms with E-state index in [4.69, 9.17) is 21.1 Å². The summed E-state index contributed by atoms with van der Waals surface area (Å²) in [6.07, 6.45) is 3.26. The molecule has 3 amide bonds. The van der Waals surface area contributed by atoms with E-state index in [0.29, 0.717) is 29.1 Å². The largest absolute Gasteiger partial charge is 0.455 e. The molecule has 51 heavy (non-hydrogen) atoms. The van der Waals surface area contributed by atoms with Crippen LogP contribution < -0.4 is 10.2 Å². The van der Waals surface area contributed by atoms with Gasteiger partial charge in [-0.25, -0.2) is 0 Å². The molecule has 2 aromatic rings. The van der Waals surface area contributed by atoms with Crippen LogP contribution in [0.5, 0.6) is 0 Å². The number of esters is 1. The molecule has 1 unspecified atom stereocenters. The number of fused-ring (bicyclic) bond motifs is 1. The monoisotopic (exact) mass is 783 g/mol. The summed E-state index contributed by atoms with van der Waals surface area (Å²) >= 11 is 9.91. The third kappa shape index (κ3) is 7.40. The van der Waals surface area contributed by atoms with Crippen LogP contribution in [0, 0.1) is 17.8 Å². The van der Waals surface area contributed by atoms with Crippen LogP contribution in [0.4, 0.5) is 5.69 Å². The van der Waals surface area contributed by atoms with Crippen molar-refractivity contribution >= 4 is 56.9 Å². The third-order valence-electron chi connectivity index (χ3n) is 10.6. The number of hydrogen-bond donors (Lipinski definition) is 2. The van der Waals surface area contributed by atoms with Gasteiger partial charge in [0.2, 0.25) is 11.8 Å². The number of hydrogen-bond acceptors (Lipinski definition) is 7. The van der Waals surface area contributed by atoms with Crippen molar-refractivity contribution in [2.45, 2.75) is 87.2 Å². The van der Waals surface area contributed by atoms with Gasteiger partial charge in [0.1, 0.15) is 17.7 Å². The predicted molar refractivity (Wildman–Crippen MR) is 199 cm³/mol. The number of nitrogens with one attached hydrogen (secondary N) is 1. The van der Waals surface area contributed by atoms with Gasteiger partial charge in [0, 0.05) is 28.5 Å². The molecule has 5 rings (SSSR count). The molecule has 0 saturated carbocycles. The van der Waals surface area contributed by atoms with Crippen molar-refractivity contribution in [3.05, 3.63) is 90.5 Å². The SMILES string of the molecule is C=CCCC(=O)N[C@H](C)[C@@H](OC(=O)[C@H]1[C@@H]2O[C@@]3(CC2Br)[C@@H]1C(=O)N([C@@H](CO)[C@@H](C)CC)[C@@H]3C(=O)N(CC=C)c1ccc(Cl)cc1)c1ccccc1. The second-order valence-electron chi connectivity index (χ2n) is 13.7. The van der Waals surface area contributed by atoms with Crippen LogP contribution in [0.2, 0.25) is 5.02 Å². The smallest absolute Gasteiger partial charge is 0.313 e. The number of halogens is 2. The Morgan fingerprint density at radius 1 is 1.16 bits per heavy atom. The molecule has 3 heterocycles. The first-order chi connectivity index (χ1) is 24.4. The van der Waals surface area contributed by atoms with Gasteiger partial charge in [0.05, 0.1) is 36.6 Å². The topological polar surface area (TPSA) is 125 Å². The highest BCUT2D eigenvalue weighted by Crippen LogP contribution is 2.61. The summed E-state index contributed by atoms with van der Waals surface area (Å²) in [5.74, 6) is -4.03. The molecule has 0 radical (unpaired) electrons. The summed E-state index contributed by atoms with van der Waals surface area (Å²) in [7, 11) is 0. The number of likely N-dealkylation sites (tertiary alicyclic amines) is 1. The van der Waals surface area contributed by atoms with E-state index in [2.05, 4.69) is 34.4 Å². The van der Waals surface area contributed by atoms with Crippen molar-refractivity contribution in [1.82, 2.24) is 10.2 Å². The van der Waals surface area contributed by atoms with Crippen LogP contribution in [0.3, 0.4) is 0 Å². The first kappa shape index (κ1) is 38.7. The van der Waals surface area contributed by atoms with Crippen LogP contribution in [0.15, 0.2) is 79.9 Å². The molecule has 10 nitrogen and oxygen atoms in total. The maximum Gasteiger partial charge on any atom is 0.313 e. The van der Waals surface area contributed by atoms with Gasteiger partial charge in [0.15, 0.2) is 0 Å². The number of ether oxygens (including phenoxy) is 2. The van der Waals surface area contributed by atoms with Crippen molar-refractivity contribution in [3.63, 3.8) is 0 Å². The van der Waals surface area contributed by atoms with E-state index < -0.39 is 65.6 Å². The zero-order valence-corrected chi connectivity index (χ0v) is 31.6. The molecule has 3 aliphatic rings. The molecule has 3 aliphatic heterocycles. The van der Waals surface area contributed by atoms with Gasteiger partial charge >= 0.3 is 5.97 Å². The fraction of sp³-hybridized carbons (Fsp3) is 0.487. The van der Waals surface area contributed by atoms with Gasteiger partial charge in [-0.05, 0) is 55.5 Å². The normalized spacial score (nSPS) is 27.2. The van der Waals surface area contributed by atoms with Gasteiger partial charge in [-0.15, -0.1) is 13.2 Å². The summed E-state index contributed by atoms with van der Waals surface area (Å²) in [6.45, 7) is 12.9. The van der Waals surface area contributed by atoms with Gasteiger partial charge in [-0.1, -0.05) is 90.3 Å². The molecule has 10 atom stereocenters. The number of allylic oxidation sites excluding steroid dienone is 1. The summed E-state index contributed by atoms with van der Waals surface area (Å²) in [5.41, 5.74) is -0.172. The number of benzene rings is 2. The van der Waals surface area contributed by atoms with Crippen LogP contribution in [0.1, 0.15) is 58.1 Å². The fourth-order valence-corrected chi connectivity index (χ4v) is 9.02. The molecule has 2 aromatic carbocycles. The lowest BCUT2D eigenvalue weighted by molar-refractivity contribution is -0.162. The molecule has 0 aliphatic carbocycles. The Kier molecular flexibility index (Phi) is 12.5. The van der Waals surface area contributed by atoms with Crippen LogP contribution in [-0.2, 0) is 28.7 Å². The van der Waals surface area contributed by atoms with Crippen LogP contribution >= 0.6 is 27.5 Å². The summed E-state index contributed by atoms with van der Waals surface area (Å²) in [5, 5.41) is 14.2. The Labute approximate surface area is 313 Å². The number of amides is 3. The van der Waals surface area contributed by atoms with Gasteiger partial charge < -0.3 is 29.7 Å². The highest BCUT2D eigenvalue weighted by molar-refractivity contribution is 9.09. The molecule has 2 bridgehead atoms. The lowest BCUT2D eigenvalue weighted by atomic mass is 9.70. The summed E-state index contributed by atoms with van der Waals surface area (Å²) < 4.78 is 13.0. The first-order valence-corrected chi connectivity index (χ1v) is 18.8. The highest BCUT2D eigenvalue weighted by Gasteiger charge is 2.78. The second-order valence-corrected chi connectivity index (χ2v) is 15.3. The van der Waals surface area contributed by atoms with Crippen molar-refractivity contribution in [1.29, 1.82) is 0 Å². The molecule has 3 fully saturated rings. The highest BCUT2D eigenvalue weighted by atomic mass is 79.9. The number of alkyl halides is 1. The zero-order chi connectivity index (χ0) is 37.0. The number of carbonyl (C=O) groups is 4. The molecule has 3 saturated heterocycles. The minimum Gasteiger partial charge on any atom is -0.455 e. The van der Waals surface area contributed by atoms with Crippen molar-refractivity contribution < 1.29 is 33.8 Å². The number of carbonyl (C=O) groups excluding carboxylic acids is 4. The summed E-state index contributed by atoms with van der Waals surface area (Å²) in [4.78, 5) is 59.7. The molecule has 1 spiro atoms. The lowest BCUT2D eigenvalue weighted by Gasteiger charge is -2.41. The maximum atomic E-state index is 15.0. The van der Waals surface area contributed by atoms with Crippen molar-refractivity contribution in [2.75, 3.05) is 18.1 Å². The molecular weight excluding hydrogens is 738 g/mol. The van der Waals surface area contributed by atoms with E-state index in [1.54, 1.807) is 43.3 Å². The fourth-order valence-electron chi connectivity index (χ4n) is 7.95. The number of aliphatic hydroxyl groups is 1. The van der Waals surface area contributed by atoms with E-state index in [-0.39, 0.29) is 42.6 Å². The average molecular weight is 785 g/mol. The van der Waals surface area contributed by atoms with Crippen molar-refractivity contribution in [2.24, 2.45) is 17.8 Å². The summed E-state index contributed by atoms with van der Waals surface area (Å²) in [6, 6.07) is 13.4. The zero-order valence-electron chi connectivity index (χ0n) is 29.3. The quantitative estimate of drug-likeness (QED) is 0.126. The molecular formula is C39H47BrClN3O7. The van der Waals surface area contributed by atoms with Crippen molar-refractivity contribution in [3.8, 4) is 0 Å². The lowest BCUT2D eigenvalue weighted by Crippen LogP contribution is -2.60. The van der Waals surface area contributed by atoms with E-state index >= 15 is 0 Å². The van der Waals surface area contributed by atoms with Gasteiger partial charge in [-0.2, -0.15) is 0 Å².